The molecule has 0 radical (unpaired) electrons. The van der Waals surface area contributed by atoms with Crippen LogP contribution in [0.1, 0.15) is 31.7 Å². The zero-order valence-corrected chi connectivity index (χ0v) is 15.6. The Morgan fingerprint density at radius 2 is 1.96 bits per heavy atom. The van der Waals surface area contributed by atoms with E-state index in [1.807, 2.05) is 19.2 Å². The second-order valence-electron chi connectivity index (χ2n) is 6.69. The van der Waals surface area contributed by atoms with Crippen molar-refractivity contribution in [3.63, 3.8) is 0 Å². The van der Waals surface area contributed by atoms with Gasteiger partial charge in [0.2, 0.25) is 5.91 Å². The van der Waals surface area contributed by atoms with E-state index in [0.717, 1.165) is 30.9 Å². The van der Waals surface area contributed by atoms with Gasteiger partial charge in [0.15, 0.2) is 5.82 Å². The number of hydrogen-bond acceptors (Lipinski definition) is 4. The van der Waals surface area contributed by atoms with Crippen molar-refractivity contribution in [1.29, 1.82) is 0 Å². The van der Waals surface area contributed by atoms with Crippen LogP contribution < -0.4 is 5.32 Å². The van der Waals surface area contributed by atoms with Gasteiger partial charge in [-0.1, -0.05) is 37.3 Å². The van der Waals surface area contributed by atoms with Crippen molar-refractivity contribution in [1.82, 2.24) is 25.0 Å². The molecule has 0 aliphatic carbocycles. The van der Waals surface area contributed by atoms with Gasteiger partial charge in [0.25, 0.3) is 0 Å². The van der Waals surface area contributed by atoms with E-state index in [2.05, 4.69) is 45.4 Å². The number of benzene rings is 1. The average molecular weight is 353 g/mol. The zero-order chi connectivity index (χ0) is 18.4. The molecule has 6 heteroatoms. The Labute approximate surface area is 154 Å². The molecule has 0 atom stereocenters. The molecule has 1 N–H and O–H groups in total. The smallest absolute Gasteiger partial charge is 0.234 e. The molecule has 1 amide bonds. The van der Waals surface area contributed by atoms with Crippen LogP contribution in [0.15, 0.2) is 36.7 Å². The van der Waals surface area contributed by atoms with E-state index >= 15 is 0 Å². The monoisotopic (exact) mass is 353 g/mol. The van der Waals surface area contributed by atoms with Crippen molar-refractivity contribution in [3.05, 3.63) is 42.2 Å². The molecule has 2 heterocycles. The van der Waals surface area contributed by atoms with Crippen molar-refractivity contribution in [3.8, 4) is 11.4 Å². The fraction of sp³-hybridized carbons (Fsp3) is 0.450. The summed E-state index contributed by atoms with van der Waals surface area (Å²) in [6.45, 7) is 5.30. The summed E-state index contributed by atoms with van der Waals surface area (Å²) in [4.78, 5) is 18.5. The van der Waals surface area contributed by atoms with Crippen molar-refractivity contribution in [2.24, 2.45) is 7.05 Å². The Hall–Kier alpha value is -2.47. The normalized spacial score (nSPS) is 15.4. The van der Waals surface area contributed by atoms with Crippen LogP contribution in [0.5, 0.6) is 0 Å². The van der Waals surface area contributed by atoms with E-state index in [1.54, 1.807) is 11.0 Å². The van der Waals surface area contributed by atoms with Gasteiger partial charge in [0, 0.05) is 19.2 Å². The highest BCUT2D eigenvalue weighted by Gasteiger charge is 2.14. The Kier molecular flexibility index (Phi) is 6.17. The van der Waals surface area contributed by atoms with Crippen LogP contribution >= 0.6 is 0 Å². The SMILES string of the molecule is CC/C(=C\CNC(=O)CN1CCCC1)c1ccc(-c2ncn(C)n2)cc1. The predicted octanol–water partition coefficient (Wildman–Crippen LogP) is 2.49. The van der Waals surface area contributed by atoms with Crippen LogP contribution in [-0.2, 0) is 11.8 Å². The quantitative estimate of drug-likeness (QED) is 0.831. The third-order valence-corrected chi connectivity index (χ3v) is 4.71. The topological polar surface area (TPSA) is 63.1 Å². The van der Waals surface area contributed by atoms with E-state index in [0.29, 0.717) is 13.1 Å². The van der Waals surface area contributed by atoms with Crippen LogP contribution in [-0.4, -0.2) is 51.8 Å². The maximum absolute atomic E-state index is 12.0. The summed E-state index contributed by atoms with van der Waals surface area (Å²) < 4.78 is 1.70. The van der Waals surface area contributed by atoms with Crippen molar-refractivity contribution in [2.45, 2.75) is 26.2 Å². The lowest BCUT2D eigenvalue weighted by molar-refractivity contribution is -0.121. The first-order valence-electron chi connectivity index (χ1n) is 9.30. The average Bonchev–Trinajstić information content (AvgIpc) is 3.31. The first kappa shape index (κ1) is 18.3. The summed E-state index contributed by atoms with van der Waals surface area (Å²) in [5.41, 5.74) is 3.40. The van der Waals surface area contributed by atoms with E-state index < -0.39 is 0 Å². The highest BCUT2D eigenvalue weighted by molar-refractivity contribution is 5.78. The van der Waals surface area contributed by atoms with Crippen molar-refractivity contribution < 1.29 is 4.79 Å². The first-order chi connectivity index (χ1) is 12.7. The minimum absolute atomic E-state index is 0.107. The molecule has 0 unspecified atom stereocenters. The number of aromatic nitrogens is 3. The summed E-state index contributed by atoms with van der Waals surface area (Å²) >= 11 is 0. The number of amides is 1. The number of nitrogens with one attached hydrogen (secondary N) is 1. The van der Waals surface area contributed by atoms with E-state index in [1.165, 1.54) is 24.0 Å². The molecule has 1 aliphatic rings. The van der Waals surface area contributed by atoms with Crippen LogP contribution in [0.25, 0.3) is 17.0 Å². The summed E-state index contributed by atoms with van der Waals surface area (Å²) in [6, 6.07) is 8.26. The summed E-state index contributed by atoms with van der Waals surface area (Å²) in [6.07, 6.45) is 7.14. The summed E-state index contributed by atoms with van der Waals surface area (Å²) in [5.74, 6) is 0.838. The van der Waals surface area contributed by atoms with E-state index in [4.69, 9.17) is 0 Å². The Morgan fingerprint density at radius 1 is 1.23 bits per heavy atom. The molecule has 1 saturated heterocycles. The molecular weight excluding hydrogens is 326 g/mol. The Morgan fingerprint density at radius 3 is 2.58 bits per heavy atom. The van der Waals surface area contributed by atoms with E-state index in [-0.39, 0.29) is 5.91 Å². The number of aryl methyl sites for hydroxylation is 1. The maximum Gasteiger partial charge on any atom is 0.234 e. The van der Waals surface area contributed by atoms with Gasteiger partial charge in [-0.15, -0.1) is 0 Å². The molecule has 1 aromatic carbocycles. The molecule has 0 saturated carbocycles. The van der Waals surface area contributed by atoms with Gasteiger partial charge in [0.1, 0.15) is 6.33 Å². The fourth-order valence-corrected chi connectivity index (χ4v) is 3.26. The molecule has 138 valence electrons. The molecule has 1 aliphatic heterocycles. The minimum Gasteiger partial charge on any atom is -0.351 e. The molecule has 0 bridgehead atoms. The molecule has 2 aromatic rings. The van der Waals surface area contributed by atoms with Crippen LogP contribution in [0, 0.1) is 0 Å². The zero-order valence-electron chi connectivity index (χ0n) is 15.6. The molecule has 0 spiro atoms. The largest absolute Gasteiger partial charge is 0.351 e. The predicted molar refractivity (Wildman–Crippen MR) is 103 cm³/mol. The van der Waals surface area contributed by atoms with Gasteiger partial charge in [-0.2, -0.15) is 5.10 Å². The van der Waals surface area contributed by atoms with Gasteiger partial charge < -0.3 is 5.32 Å². The third kappa shape index (κ3) is 4.79. The van der Waals surface area contributed by atoms with Crippen LogP contribution in [0.4, 0.5) is 0 Å². The minimum atomic E-state index is 0.107. The maximum atomic E-state index is 12.0. The lowest BCUT2D eigenvalue weighted by Crippen LogP contribution is -2.35. The molecule has 1 fully saturated rings. The van der Waals surface area contributed by atoms with Gasteiger partial charge in [0.05, 0.1) is 6.54 Å². The van der Waals surface area contributed by atoms with E-state index in [9.17, 15) is 4.79 Å². The molecule has 3 rings (SSSR count). The van der Waals surface area contributed by atoms with Crippen LogP contribution in [0.3, 0.4) is 0 Å². The standard InChI is InChI=1S/C20H27N5O/c1-3-16(10-11-21-19(26)14-25-12-4-5-13-25)17-6-8-18(9-7-17)20-22-15-24(2)23-20/h6-10,15H,3-5,11-14H2,1-2H3,(H,21,26)/b16-10+. The number of likely N-dealkylation sites (tertiary alicyclic amines) is 1. The number of rotatable bonds is 7. The highest BCUT2D eigenvalue weighted by Crippen LogP contribution is 2.21. The third-order valence-electron chi connectivity index (χ3n) is 4.71. The Bertz CT molecular complexity index is 757. The van der Waals surface area contributed by atoms with Gasteiger partial charge >= 0.3 is 0 Å². The van der Waals surface area contributed by atoms with Crippen LogP contribution in [0.2, 0.25) is 0 Å². The van der Waals surface area contributed by atoms with Crippen molar-refractivity contribution in [2.75, 3.05) is 26.2 Å². The number of hydrogen-bond donors (Lipinski definition) is 1. The molecule has 1 aromatic heterocycles. The number of carbonyl (C=O) groups is 1. The first-order valence-corrected chi connectivity index (χ1v) is 9.30. The fourth-order valence-electron chi connectivity index (χ4n) is 3.26. The molecule has 26 heavy (non-hydrogen) atoms. The van der Waals surface area contributed by atoms with Crippen molar-refractivity contribution >= 4 is 11.5 Å². The Balaban J connectivity index is 1.57. The van der Waals surface area contributed by atoms with Gasteiger partial charge in [-0.05, 0) is 43.5 Å². The molecular formula is C20H27N5O. The number of carbonyl (C=O) groups excluding carboxylic acids is 1. The van der Waals surface area contributed by atoms with Gasteiger partial charge in [-0.25, -0.2) is 4.98 Å². The second-order valence-corrected chi connectivity index (χ2v) is 6.69. The lowest BCUT2D eigenvalue weighted by Gasteiger charge is -2.13. The summed E-state index contributed by atoms with van der Waals surface area (Å²) in [7, 11) is 1.86. The second kappa shape index (κ2) is 8.76. The number of nitrogens with zero attached hydrogens (tertiary/aromatic N) is 4. The molecule has 6 nitrogen and oxygen atoms in total. The lowest BCUT2D eigenvalue weighted by atomic mass is 10.0. The van der Waals surface area contributed by atoms with Gasteiger partial charge in [-0.3, -0.25) is 14.4 Å². The summed E-state index contributed by atoms with van der Waals surface area (Å²) in [5, 5.41) is 7.33. The number of allylic oxidation sites excluding steroid dienone is 1. The highest BCUT2D eigenvalue weighted by atomic mass is 16.2.